The molecule has 0 fully saturated rings. The Morgan fingerprint density at radius 3 is 2.35 bits per heavy atom. The lowest BCUT2D eigenvalue weighted by atomic mass is 10.1. The molecule has 0 N–H and O–H groups in total. The van der Waals surface area contributed by atoms with E-state index in [1.165, 1.54) is 6.07 Å². The first-order chi connectivity index (χ1) is 10.9. The molecule has 3 rings (SSSR count). The van der Waals surface area contributed by atoms with Crippen molar-refractivity contribution in [2.45, 2.75) is 0 Å². The normalized spacial score (nSPS) is 13.3. The lowest BCUT2D eigenvalue weighted by molar-refractivity contribution is 0.0926. The molecule has 1 aliphatic rings. The van der Waals surface area contributed by atoms with E-state index < -0.39 is 0 Å². The number of amides is 2. The summed E-state index contributed by atoms with van der Waals surface area (Å²) in [4.78, 5) is 28.2. The largest absolute Gasteiger partial charge is 0.495 e. The number of hydrogen-bond donors (Lipinski definition) is 0. The molecule has 5 nitrogen and oxygen atoms in total. The SMILES string of the molecule is COc1cc(N2C(=O)c3ccc(Cl)cc3C2=O)ccc1N(C)C. The fourth-order valence-corrected chi connectivity index (χ4v) is 2.79. The van der Waals surface area contributed by atoms with Crippen LogP contribution in [0.4, 0.5) is 11.4 Å². The number of carbonyl (C=O) groups excluding carboxylic acids is 2. The number of benzene rings is 2. The summed E-state index contributed by atoms with van der Waals surface area (Å²) in [5, 5.41) is 0.423. The maximum absolute atomic E-state index is 12.6. The number of ether oxygens (including phenoxy) is 1. The minimum Gasteiger partial charge on any atom is -0.495 e. The van der Waals surface area contributed by atoms with Crippen molar-refractivity contribution in [1.82, 2.24) is 0 Å². The minimum absolute atomic E-state index is 0.318. The van der Waals surface area contributed by atoms with Crippen molar-refractivity contribution >= 4 is 34.8 Å². The van der Waals surface area contributed by atoms with E-state index in [2.05, 4.69) is 0 Å². The summed E-state index contributed by atoms with van der Waals surface area (Å²) in [6, 6.07) is 9.90. The number of hydrogen-bond acceptors (Lipinski definition) is 4. The summed E-state index contributed by atoms with van der Waals surface area (Å²) in [7, 11) is 5.33. The predicted molar refractivity (Wildman–Crippen MR) is 89.9 cm³/mol. The second-order valence-corrected chi connectivity index (χ2v) is 5.82. The zero-order valence-electron chi connectivity index (χ0n) is 13.0. The van der Waals surface area contributed by atoms with Crippen LogP contribution in [0.15, 0.2) is 36.4 Å². The highest BCUT2D eigenvalue weighted by Crippen LogP contribution is 2.35. The van der Waals surface area contributed by atoms with Crippen LogP contribution in [0.25, 0.3) is 0 Å². The van der Waals surface area contributed by atoms with Crippen LogP contribution >= 0.6 is 11.6 Å². The van der Waals surface area contributed by atoms with E-state index in [-0.39, 0.29) is 11.8 Å². The van der Waals surface area contributed by atoms with Gasteiger partial charge in [-0.25, -0.2) is 4.90 Å². The van der Waals surface area contributed by atoms with Crippen molar-refractivity contribution in [3.8, 4) is 5.75 Å². The van der Waals surface area contributed by atoms with Crippen molar-refractivity contribution in [1.29, 1.82) is 0 Å². The first-order valence-electron chi connectivity index (χ1n) is 6.97. The number of carbonyl (C=O) groups is 2. The highest BCUT2D eigenvalue weighted by Gasteiger charge is 2.37. The number of rotatable bonds is 3. The van der Waals surface area contributed by atoms with Crippen LogP contribution < -0.4 is 14.5 Å². The third kappa shape index (κ3) is 2.43. The maximum Gasteiger partial charge on any atom is 0.266 e. The third-order valence-corrected chi connectivity index (χ3v) is 3.99. The van der Waals surface area contributed by atoms with Crippen LogP contribution in [0.3, 0.4) is 0 Å². The number of methoxy groups -OCH3 is 1. The number of halogens is 1. The van der Waals surface area contributed by atoms with Gasteiger partial charge in [0.1, 0.15) is 5.75 Å². The van der Waals surface area contributed by atoms with Crippen LogP contribution in [-0.4, -0.2) is 33.0 Å². The molecule has 6 heteroatoms. The molecule has 2 aromatic rings. The van der Waals surface area contributed by atoms with Crippen LogP contribution in [0.1, 0.15) is 20.7 Å². The van der Waals surface area contributed by atoms with Crippen molar-refractivity contribution in [2.75, 3.05) is 31.0 Å². The van der Waals surface area contributed by atoms with Crippen LogP contribution in [-0.2, 0) is 0 Å². The standard InChI is InChI=1S/C17H15ClN2O3/c1-19(2)14-7-5-11(9-15(14)23-3)20-16(21)12-6-4-10(18)8-13(12)17(20)22/h4-9H,1-3H3. The average molecular weight is 331 g/mol. The highest BCUT2D eigenvalue weighted by atomic mass is 35.5. The second kappa shape index (κ2) is 5.59. The molecule has 0 saturated heterocycles. The molecular weight excluding hydrogens is 316 g/mol. The first-order valence-corrected chi connectivity index (χ1v) is 7.35. The molecule has 0 saturated carbocycles. The van der Waals surface area contributed by atoms with E-state index in [1.807, 2.05) is 25.1 Å². The molecule has 23 heavy (non-hydrogen) atoms. The number of imide groups is 1. The predicted octanol–water partition coefficient (Wildman–Crippen LogP) is 3.22. The summed E-state index contributed by atoms with van der Waals surface area (Å²) < 4.78 is 5.36. The van der Waals surface area contributed by atoms with Crippen LogP contribution in [0.5, 0.6) is 5.75 Å². The zero-order chi connectivity index (χ0) is 16.7. The van der Waals surface area contributed by atoms with Gasteiger partial charge in [-0.3, -0.25) is 9.59 Å². The van der Waals surface area contributed by atoms with Gasteiger partial charge < -0.3 is 9.64 Å². The second-order valence-electron chi connectivity index (χ2n) is 5.39. The molecule has 118 valence electrons. The Morgan fingerprint density at radius 2 is 1.70 bits per heavy atom. The summed E-state index contributed by atoms with van der Waals surface area (Å²) in [6.45, 7) is 0. The fraction of sp³-hybridized carbons (Fsp3) is 0.176. The zero-order valence-corrected chi connectivity index (χ0v) is 13.7. The summed E-state index contributed by atoms with van der Waals surface area (Å²) in [5.41, 5.74) is 2.00. The Labute approximate surface area is 139 Å². The molecule has 0 bridgehead atoms. The number of fused-ring (bicyclic) bond motifs is 1. The average Bonchev–Trinajstić information content (AvgIpc) is 2.77. The van der Waals surface area contributed by atoms with Crippen LogP contribution in [0.2, 0.25) is 5.02 Å². The van der Waals surface area contributed by atoms with E-state index in [1.54, 1.807) is 31.4 Å². The molecule has 0 radical (unpaired) electrons. The molecular formula is C17H15ClN2O3. The Hall–Kier alpha value is -2.53. The van der Waals surface area contributed by atoms with Gasteiger partial charge in [-0.2, -0.15) is 0 Å². The van der Waals surface area contributed by atoms with Crippen molar-refractivity contribution in [3.05, 3.63) is 52.5 Å². The Bertz CT molecular complexity index is 817. The third-order valence-electron chi connectivity index (χ3n) is 3.75. The minimum atomic E-state index is -0.382. The smallest absolute Gasteiger partial charge is 0.266 e. The molecule has 1 heterocycles. The van der Waals surface area contributed by atoms with Crippen LogP contribution in [0, 0.1) is 0 Å². The van der Waals surface area contributed by atoms with Crippen molar-refractivity contribution in [3.63, 3.8) is 0 Å². The van der Waals surface area contributed by atoms with E-state index in [4.69, 9.17) is 16.3 Å². The van der Waals surface area contributed by atoms with E-state index >= 15 is 0 Å². The molecule has 0 aromatic heterocycles. The molecule has 0 aliphatic carbocycles. The van der Waals surface area contributed by atoms with Gasteiger partial charge >= 0.3 is 0 Å². The first kappa shape index (κ1) is 15.4. The number of nitrogens with zero attached hydrogens (tertiary/aromatic N) is 2. The van der Waals surface area contributed by atoms with Gasteiger partial charge in [0.2, 0.25) is 0 Å². The summed E-state index contributed by atoms with van der Waals surface area (Å²) in [6.07, 6.45) is 0. The van der Waals surface area contributed by atoms with Gasteiger partial charge in [0.25, 0.3) is 11.8 Å². The van der Waals surface area contributed by atoms with Gasteiger partial charge in [0.15, 0.2) is 0 Å². The monoisotopic (exact) mass is 330 g/mol. The Morgan fingerprint density at radius 1 is 1.00 bits per heavy atom. The molecule has 0 atom stereocenters. The lowest BCUT2D eigenvalue weighted by Gasteiger charge is -2.20. The molecule has 2 amide bonds. The Kier molecular flexibility index (Phi) is 3.74. The van der Waals surface area contributed by atoms with Gasteiger partial charge in [0, 0.05) is 25.2 Å². The topological polar surface area (TPSA) is 49.9 Å². The quantitative estimate of drug-likeness (QED) is 0.811. The summed E-state index contributed by atoms with van der Waals surface area (Å²) >= 11 is 5.93. The van der Waals surface area contributed by atoms with Gasteiger partial charge in [-0.1, -0.05) is 11.6 Å². The summed E-state index contributed by atoms with van der Waals surface area (Å²) in [5.74, 6) is -0.157. The van der Waals surface area contributed by atoms with E-state index in [0.717, 1.165) is 10.6 Å². The molecule has 2 aromatic carbocycles. The highest BCUT2D eigenvalue weighted by molar-refractivity contribution is 6.36. The fourth-order valence-electron chi connectivity index (χ4n) is 2.62. The van der Waals surface area contributed by atoms with Gasteiger partial charge in [-0.15, -0.1) is 0 Å². The molecule has 1 aliphatic heterocycles. The number of anilines is 2. The van der Waals surface area contributed by atoms with E-state index in [0.29, 0.717) is 27.6 Å². The van der Waals surface area contributed by atoms with Gasteiger partial charge in [0.05, 0.1) is 29.6 Å². The Balaban J connectivity index is 2.07. The van der Waals surface area contributed by atoms with E-state index in [9.17, 15) is 9.59 Å². The maximum atomic E-state index is 12.6. The molecule has 0 spiro atoms. The van der Waals surface area contributed by atoms with Crippen molar-refractivity contribution < 1.29 is 14.3 Å². The van der Waals surface area contributed by atoms with Crippen molar-refractivity contribution in [2.24, 2.45) is 0 Å². The molecule has 0 unspecified atom stereocenters. The lowest BCUT2D eigenvalue weighted by Crippen LogP contribution is -2.29. The van der Waals surface area contributed by atoms with Gasteiger partial charge in [-0.05, 0) is 30.3 Å².